The Morgan fingerprint density at radius 1 is 0.944 bits per heavy atom. The lowest BCUT2D eigenvalue weighted by atomic mass is 9.64. The normalized spacial score (nSPS) is 13.9. The zero-order valence-electron chi connectivity index (χ0n) is 12.1. The van der Waals surface area contributed by atoms with Crippen molar-refractivity contribution >= 4 is 11.9 Å². The van der Waals surface area contributed by atoms with Crippen LogP contribution in [-0.4, -0.2) is 22.2 Å². The fourth-order valence-electron chi connectivity index (χ4n) is 2.92. The van der Waals surface area contributed by atoms with Crippen LogP contribution < -0.4 is 0 Å². The van der Waals surface area contributed by atoms with Gasteiger partial charge in [-0.25, -0.2) is 0 Å². The number of hydrogen-bond donors (Lipinski definition) is 2. The van der Waals surface area contributed by atoms with Gasteiger partial charge in [0.05, 0.1) is 12.3 Å². The van der Waals surface area contributed by atoms with E-state index in [2.05, 4.69) is 0 Å². The summed E-state index contributed by atoms with van der Waals surface area (Å²) in [5.74, 6) is -1.89. The smallest absolute Gasteiger partial charge is 0.306 e. The van der Waals surface area contributed by atoms with E-state index in [1.54, 1.807) is 6.92 Å². The van der Waals surface area contributed by atoms with Crippen LogP contribution in [0, 0.1) is 23.2 Å². The third-order valence-corrected chi connectivity index (χ3v) is 3.42. The summed E-state index contributed by atoms with van der Waals surface area (Å²) in [5.41, 5.74) is -0.653. The molecule has 0 spiro atoms. The molecule has 0 rings (SSSR count). The summed E-state index contributed by atoms with van der Waals surface area (Å²) in [6.45, 7) is 9.66. The minimum atomic E-state index is -0.913. The highest BCUT2D eigenvalue weighted by Crippen LogP contribution is 2.44. The van der Waals surface area contributed by atoms with Crippen molar-refractivity contribution in [1.82, 2.24) is 0 Å². The molecule has 0 heterocycles. The molecule has 18 heavy (non-hydrogen) atoms. The number of carbonyl (C=O) groups is 2. The molecular weight excluding hydrogens is 232 g/mol. The van der Waals surface area contributed by atoms with Gasteiger partial charge in [-0.1, -0.05) is 34.6 Å². The van der Waals surface area contributed by atoms with Gasteiger partial charge < -0.3 is 10.2 Å². The monoisotopic (exact) mass is 258 g/mol. The molecule has 0 aromatic carbocycles. The van der Waals surface area contributed by atoms with Crippen molar-refractivity contribution in [3.8, 4) is 0 Å². The summed E-state index contributed by atoms with van der Waals surface area (Å²) >= 11 is 0. The maximum Gasteiger partial charge on any atom is 0.306 e. The maximum atomic E-state index is 11.3. The molecule has 0 radical (unpaired) electrons. The van der Waals surface area contributed by atoms with Crippen LogP contribution in [0.25, 0.3) is 0 Å². The highest BCUT2D eigenvalue weighted by molar-refractivity contribution is 5.73. The molecule has 2 N–H and O–H groups in total. The maximum absolute atomic E-state index is 11.3. The molecular formula is C14H26O4. The van der Waals surface area contributed by atoms with E-state index in [-0.39, 0.29) is 18.3 Å². The second-order valence-corrected chi connectivity index (χ2v) is 6.19. The lowest BCUT2D eigenvalue weighted by Gasteiger charge is -2.39. The summed E-state index contributed by atoms with van der Waals surface area (Å²) in [6.07, 6.45) is 1.19. The van der Waals surface area contributed by atoms with Crippen molar-refractivity contribution in [1.29, 1.82) is 0 Å². The van der Waals surface area contributed by atoms with Crippen molar-refractivity contribution in [2.24, 2.45) is 23.2 Å². The summed E-state index contributed by atoms with van der Waals surface area (Å²) in [4.78, 5) is 22.4. The molecule has 4 heteroatoms. The molecule has 0 bridgehead atoms. The topological polar surface area (TPSA) is 74.6 Å². The van der Waals surface area contributed by atoms with Crippen molar-refractivity contribution in [3.05, 3.63) is 0 Å². The minimum absolute atomic E-state index is 0.0726. The summed E-state index contributed by atoms with van der Waals surface area (Å²) in [7, 11) is 0. The molecule has 0 aromatic heterocycles. The first-order chi connectivity index (χ1) is 8.10. The molecule has 0 aliphatic rings. The van der Waals surface area contributed by atoms with Crippen LogP contribution in [-0.2, 0) is 9.59 Å². The summed E-state index contributed by atoms with van der Waals surface area (Å²) in [6, 6.07) is 0. The Morgan fingerprint density at radius 2 is 1.33 bits per heavy atom. The van der Waals surface area contributed by atoms with Crippen LogP contribution >= 0.6 is 0 Å². The fraction of sp³-hybridized carbons (Fsp3) is 0.857. The van der Waals surface area contributed by atoms with Gasteiger partial charge in [0.15, 0.2) is 0 Å². The van der Waals surface area contributed by atoms with Crippen molar-refractivity contribution in [2.45, 2.75) is 53.9 Å². The van der Waals surface area contributed by atoms with Gasteiger partial charge >= 0.3 is 11.9 Å². The van der Waals surface area contributed by atoms with Crippen LogP contribution in [0.2, 0.25) is 0 Å². The van der Waals surface area contributed by atoms with E-state index < -0.39 is 23.3 Å². The van der Waals surface area contributed by atoms with Gasteiger partial charge in [-0.3, -0.25) is 9.59 Å². The SMILES string of the molecule is CC(C)CC(CC(=O)O)(CC(C)C)C(C)C(=O)O. The number of carboxylic acid groups (broad SMARTS) is 2. The van der Waals surface area contributed by atoms with Crippen LogP contribution in [0.15, 0.2) is 0 Å². The highest BCUT2D eigenvalue weighted by atomic mass is 16.4. The van der Waals surface area contributed by atoms with E-state index in [9.17, 15) is 14.7 Å². The number of rotatable bonds is 8. The van der Waals surface area contributed by atoms with Gasteiger partial charge in [-0.15, -0.1) is 0 Å². The lowest BCUT2D eigenvalue weighted by Crippen LogP contribution is -2.38. The van der Waals surface area contributed by atoms with Gasteiger partial charge in [-0.2, -0.15) is 0 Å². The highest BCUT2D eigenvalue weighted by Gasteiger charge is 2.42. The van der Waals surface area contributed by atoms with E-state index in [0.29, 0.717) is 12.8 Å². The first-order valence-corrected chi connectivity index (χ1v) is 6.55. The van der Waals surface area contributed by atoms with Gasteiger partial charge in [-0.05, 0) is 30.1 Å². The summed E-state index contributed by atoms with van der Waals surface area (Å²) < 4.78 is 0. The van der Waals surface area contributed by atoms with E-state index in [1.807, 2.05) is 27.7 Å². The zero-order chi connectivity index (χ0) is 14.5. The van der Waals surface area contributed by atoms with Crippen molar-refractivity contribution < 1.29 is 19.8 Å². The Balaban J connectivity index is 5.36. The van der Waals surface area contributed by atoms with E-state index in [0.717, 1.165) is 0 Å². The van der Waals surface area contributed by atoms with E-state index in [1.165, 1.54) is 0 Å². The van der Waals surface area contributed by atoms with Crippen LogP contribution in [0.3, 0.4) is 0 Å². The Bertz CT molecular complexity index is 284. The van der Waals surface area contributed by atoms with Crippen molar-refractivity contribution in [3.63, 3.8) is 0 Å². The first-order valence-electron chi connectivity index (χ1n) is 6.55. The Morgan fingerprint density at radius 3 is 1.56 bits per heavy atom. The van der Waals surface area contributed by atoms with Crippen LogP contribution in [0.4, 0.5) is 0 Å². The quantitative estimate of drug-likeness (QED) is 0.700. The average Bonchev–Trinajstić information content (AvgIpc) is 2.12. The van der Waals surface area contributed by atoms with Gasteiger partial charge in [0.2, 0.25) is 0 Å². The molecule has 1 atom stereocenters. The molecule has 0 aliphatic heterocycles. The molecule has 0 fully saturated rings. The number of aliphatic carboxylic acids is 2. The third kappa shape index (κ3) is 5.07. The second kappa shape index (κ2) is 6.76. The number of hydrogen-bond acceptors (Lipinski definition) is 2. The van der Waals surface area contributed by atoms with Gasteiger partial charge in [0, 0.05) is 0 Å². The second-order valence-electron chi connectivity index (χ2n) is 6.19. The Kier molecular flexibility index (Phi) is 6.36. The molecule has 0 saturated carbocycles. The summed E-state index contributed by atoms with van der Waals surface area (Å²) in [5, 5.41) is 18.4. The first kappa shape index (κ1) is 16.9. The Labute approximate surface area is 109 Å². The third-order valence-electron chi connectivity index (χ3n) is 3.42. The lowest BCUT2D eigenvalue weighted by molar-refractivity contribution is -0.151. The van der Waals surface area contributed by atoms with Gasteiger partial charge in [0.1, 0.15) is 0 Å². The minimum Gasteiger partial charge on any atom is -0.481 e. The largest absolute Gasteiger partial charge is 0.481 e. The molecule has 1 unspecified atom stereocenters. The van der Waals surface area contributed by atoms with Crippen molar-refractivity contribution in [2.75, 3.05) is 0 Å². The van der Waals surface area contributed by atoms with Crippen LogP contribution in [0.1, 0.15) is 53.9 Å². The van der Waals surface area contributed by atoms with E-state index in [4.69, 9.17) is 5.11 Å². The van der Waals surface area contributed by atoms with Gasteiger partial charge in [0.25, 0.3) is 0 Å². The predicted octanol–water partition coefficient (Wildman–Crippen LogP) is 3.26. The molecule has 0 amide bonds. The molecule has 0 aliphatic carbocycles. The predicted molar refractivity (Wildman–Crippen MR) is 70.4 cm³/mol. The average molecular weight is 258 g/mol. The Hall–Kier alpha value is -1.06. The zero-order valence-corrected chi connectivity index (χ0v) is 12.1. The fourth-order valence-corrected chi connectivity index (χ4v) is 2.92. The standard InChI is InChI=1S/C14H26O4/c1-9(2)6-14(7-10(3)4,8-12(15)16)11(5)13(17)18/h9-11H,6-8H2,1-5H3,(H,15,16)(H,17,18). The number of carboxylic acids is 2. The molecule has 0 aromatic rings. The van der Waals surface area contributed by atoms with E-state index >= 15 is 0 Å². The molecule has 0 saturated heterocycles. The van der Waals surface area contributed by atoms with Crippen LogP contribution in [0.5, 0.6) is 0 Å². The molecule has 4 nitrogen and oxygen atoms in total. The molecule has 106 valence electrons.